The molecule has 0 heterocycles. The molecule has 2 aromatic carbocycles. The third kappa shape index (κ3) is 6.31. The van der Waals surface area contributed by atoms with Gasteiger partial charge in [0.15, 0.2) is 5.96 Å². The molecule has 0 aliphatic rings. The molecule has 0 aliphatic carbocycles. The molecule has 8 heteroatoms. The van der Waals surface area contributed by atoms with Gasteiger partial charge in [-0.3, -0.25) is 4.99 Å². The molecular weight excluding hydrogens is 379 g/mol. The van der Waals surface area contributed by atoms with Crippen LogP contribution in [0.25, 0.3) is 0 Å². The van der Waals surface area contributed by atoms with Crippen LogP contribution >= 0.6 is 0 Å². The highest BCUT2D eigenvalue weighted by Gasteiger charge is 2.11. The molecule has 3 N–H and O–H groups in total. The van der Waals surface area contributed by atoms with Crippen molar-refractivity contribution in [2.45, 2.75) is 32.2 Å². The van der Waals surface area contributed by atoms with E-state index in [9.17, 15) is 12.8 Å². The summed E-state index contributed by atoms with van der Waals surface area (Å²) in [5.74, 6) is 0.315. The number of nitrogens with zero attached hydrogens (tertiary/aromatic N) is 1. The number of sulfonamides is 1. The second-order valence-electron chi connectivity index (χ2n) is 6.58. The summed E-state index contributed by atoms with van der Waals surface area (Å²) in [5, 5.41) is 6.44. The van der Waals surface area contributed by atoms with Gasteiger partial charge in [-0.2, -0.15) is 0 Å². The van der Waals surface area contributed by atoms with Crippen molar-refractivity contribution >= 4 is 16.0 Å². The topological polar surface area (TPSA) is 82.6 Å². The fourth-order valence-electron chi connectivity index (χ4n) is 2.59. The van der Waals surface area contributed by atoms with Crippen molar-refractivity contribution in [3.63, 3.8) is 0 Å². The predicted octanol–water partition coefficient (Wildman–Crippen LogP) is 2.61. The minimum absolute atomic E-state index is 0.0505. The lowest BCUT2D eigenvalue weighted by molar-refractivity contribution is 0.587. The molecule has 0 saturated heterocycles. The Kier molecular flexibility index (Phi) is 7.53. The molecule has 0 spiro atoms. The molecule has 0 aliphatic heterocycles. The van der Waals surface area contributed by atoms with E-state index in [0.717, 1.165) is 16.7 Å². The van der Waals surface area contributed by atoms with E-state index in [1.54, 1.807) is 32.2 Å². The maximum atomic E-state index is 13.8. The minimum Gasteiger partial charge on any atom is -0.352 e. The van der Waals surface area contributed by atoms with Crippen molar-refractivity contribution in [1.29, 1.82) is 0 Å². The number of aryl methyl sites for hydroxylation is 1. The highest BCUT2D eigenvalue weighted by atomic mass is 32.2. The van der Waals surface area contributed by atoms with Crippen LogP contribution in [-0.2, 0) is 22.3 Å². The van der Waals surface area contributed by atoms with Crippen LogP contribution in [0.15, 0.2) is 47.5 Å². The number of nitrogens with one attached hydrogen (secondary N) is 3. The summed E-state index contributed by atoms with van der Waals surface area (Å²) in [7, 11) is -0.211. The zero-order valence-electron chi connectivity index (χ0n) is 16.6. The number of aliphatic imine (C=N–C) groups is 1. The van der Waals surface area contributed by atoms with E-state index in [1.807, 2.05) is 25.1 Å². The Morgan fingerprint density at radius 3 is 2.36 bits per heavy atom. The number of rotatable bonds is 7. The van der Waals surface area contributed by atoms with E-state index in [4.69, 9.17) is 0 Å². The van der Waals surface area contributed by atoms with E-state index in [1.165, 1.54) is 13.1 Å². The molecule has 0 bridgehead atoms. The Balaban J connectivity index is 1.93. The lowest BCUT2D eigenvalue weighted by Crippen LogP contribution is -2.38. The fraction of sp³-hybridized carbons (Fsp3) is 0.350. The molecule has 0 amide bonds. The van der Waals surface area contributed by atoms with Crippen molar-refractivity contribution < 1.29 is 12.8 Å². The van der Waals surface area contributed by atoms with Gasteiger partial charge in [0, 0.05) is 13.6 Å². The number of hydrogen-bond donors (Lipinski definition) is 3. The van der Waals surface area contributed by atoms with Crippen molar-refractivity contribution in [2.24, 2.45) is 4.99 Å². The summed E-state index contributed by atoms with van der Waals surface area (Å²) < 4.78 is 39.3. The van der Waals surface area contributed by atoms with E-state index in [0.29, 0.717) is 18.1 Å². The Morgan fingerprint density at radius 1 is 1.14 bits per heavy atom. The average molecular weight is 407 g/mol. The predicted molar refractivity (Wildman–Crippen MR) is 111 cm³/mol. The molecule has 0 aromatic heterocycles. The Morgan fingerprint density at radius 2 is 1.79 bits per heavy atom. The van der Waals surface area contributed by atoms with Gasteiger partial charge in [-0.15, -0.1) is 0 Å². The van der Waals surface area contributed by atoms with Crippen LogP contribution in [0.1, 0.15) is 35.2 Å². The van der Waals surface area contributed by atoms with Crippen LogP contribution in [0.5, 0.6) is 0 Å². The number of hydrogen-bond acceptors (Lipinski definition) is 3. The zero-order valence-corrected chi connectivity index (χ0v) is 17.4. The molecule has 0 radical (unpaired) electrons. The SMILES string of the molecule is CN=C(NCc1ccc(CS(=O)(=O)NC)cc1)NC(C)c1ccc(C)c(F)c1. The smallest absolute Gasteiger partial charge is 0.215 e. The van der Waals surface area contributed by atoms with Gasteiger partial charge in [-0.25, -0.2) is 17.5 Å². The van der Waals surface area contributed by atoms with Crippen molar-refractivity contribution in [2.75, 3.05) is 14.1 Å². The normalized spacial score (nSPS) is 13.2. The van der Waals surface area contributed by atoms with Crippen LogP contribution in [-0.4, -0.2) is 28.5 Å². The summed E-state index contributed by atoms with van der Waals surface area (Å²) in [6, 6.07) is 12.4. The Labute approximate surface area is 166 Å². The third-order valence-corrected chi connectivity index (χ3v) is 5.76. The van der Waals surface area contributed by atoms with Gasteiger partial charge in [0.05, 0.1) is 11.8 Å². The quantitative estimate of drug-likeness (QED) is 0.488. The minimum atomic E-state index is -3.28. The van der Waals surface area contributed by atoms with Crippen LogP contribution in [0.2, 0.25) is 0 Å². The molecule has 1 unspecified atom stereocenters. The summed E-state index contributed by atoms with van der Waals surface area (Å²) in [6.07, 6.45) is 0. The highest BCUT2D eigenvalue weighted by molar-refractivity contribution is 7.88. The van der Waals surface area contributed by atoms with Gasteiger partial charge in [-0.05, 0) is 49.2 Å². The van der Waals surface area contributed by atoms with Crippen LogP contribution in [0.3, 0.4) is 0 Å². The molecule has 2 aromatic rings. The maximum Gasteiger partial charge on any atom is 0.215 e. The van der Waals surface area contributed by atoms with Crippen LogP contribution in [0, 0.1) is 12.7 Å². The van der Waals surface area contributed by atoms with Crippen molar-refractivity contribution in [3.05, 3.63) is 70.5 Å². The lowest BCUT2D eigenvalue weighted by atomic mass is 10.1. The van der Waals surface area contributed by atoms with E-state index in [-0.39, 0.29) is 17.6 Å². The van der Waals surface area contributed by atoms with Gasteiger partial charge in [0.1, 0.15) is 5.82 Å². The standard InChI is InChI=1S/C20H27FN4O2S/c1-14-5-10-18(11-19(14)21)15(2)25-20(22-3)24-12-16-6-8-17(9-7-16)13-28(26,27)23-4/h5-11,15,23H,12-13H2,1-4H3,(H2,22,24,25). The molecule has 0 fully saturated rings. The first-order valence-corrected chi connectivity index (χ1v) is 10.6. The summed E-state index contributed by atoms with van der Waals surface area (Å²) in [4.78, 5) is 4.20. The number of halogens is 1. The molecule has 28 heavy (non-hydrogen) atoms. The van der Waals surface area contributed by atoms with E-state index >= 15 is 0 Å². The van der Waals surface area contributed by atoms with E-state index < -0.39 is 10.0 Å². The van der Waals surface area contributed by atoms with Crippen LogP contribution in [0.4, 0.5) is 4.39 Å². The first-order chi connectivity index (χ1) is 13.2. The molecule has 1 atom stereocenters. The third-order valence-electron chi connectivity index (χ3n) is 4.42. The van der Waals surface area contributed by atoms with E-state index in [2.05, 4.69) is 20.3 Å². The van der Waals surface area contributed by atoms with Gasteiger partial charge < -0.3 is 10.6 Å². The Bertz CT molecular complexity index is 928. The van der Waals surface area contributed by atoms with Crippen molar-refractivity contribution in [1.82, 2.24) is 15.4 Å². The summed E-state index contributed by atoms with van der Waals surface area (Å²) in [5.41, 5.74) is 3.16. The van der Waals surface area contributed by atoms with Gasteiger partial charge in [-0.1, -0.05) is 36.4 Å². The number of guanidine groups is 1. The van der Waals surface area contributed by atoms with Gasteiger partial charge >= 0.3 is 0 Å². The summed E-state index contributed by atoms with van der Waals surface area (Å²) >= 11 is 0. The van der Waals surface area contributed by atoms with Crippen LogP contribution < -0.4 is 15.4 Å². The fourth-order valence-corrected chi connectivity index (χ4v) is 3.37. The molecular formula is C20H27FN4O2S. The maximum absolute atomic E-state index is 13.8. The molecule has 2 rings (SSSR count). The van der Waals surface area contributed by atoms with Crippen molar-refractivity contribution in [3.8, 4) is 0 Å². The van der Waals surface area contributed by atoms with Gasteiger partial charge in [0.25, 0.3) is 0 Å². The second kappa shape index (κ2) is 9.66. The molecule has 152 valence electrons. The first-order valence-electron chi connectivity index (χ1n) is 8.96. The first kappa shape index (κ1) is 21.8. The molecule has 0 saturated carbocycles. The average Bonchev–Trinajstić information content (AvgIpc) is 2.68. The lowest BCUT2D eigenvalue weighted by Gasteiger charge is -2.19. The highest BCUT2D eigenvalue weighted by Crippen LogP contribution is 2.16. The zero-order chi connectivity index (χ0) is 20.7. The Hall–Kier alpha value is -2.45. The summed E-state index contributed by atoms with van der Waals surface area (Å²) in [6.45, 7) is 4.19. The second-order valence-corrected chi connectivity index (χ2v) is 8.51. The number of benzene rings is 2. The monoisotopic (exact) mass is 406 g/mol. The molecule has 6 nitrogen and oxygen atoms in total. The van der Waals surface area contributed by atoms with Gasteiger partial charge in [0.2, 0.25) is 10.0 Å². The largest absolute Gasteiger partial charge is 0.352 e.